The maximum atomic E-state index is 12.5. The molecule has 0 radical (unpaired) electrons. The van der Waals surface area contributed by atoms with Crippen LogP contribution in [0.3, 0.4) is 0 Å². The lowest BCUT2D eigenvalue weighted by Gasteiger charge is -2.42. The van der Waals surface area contributed by atoms with Gasteiger partial charge in [-0.3, -0.25) is 4.79 Å². The molecule has 1 aromatic rings. The van der Waals surface area contributed by atoms with E-state index >= 15 is 0 Å². The van der Waals surface area contributed by atoms with Crippen molar-refractivity contribution in [2.24, 2.45) is 5.92 Å². The minimum atomic E-state index is -1.13. The van der Waals surface area contributed by atoms with E-state index in [0.29, 0.717) is 38.3 Å². The van der Waals surface area contributed by atoms with Crippen LogP contribution in [0.15, 0.2) is 30.3 Å². The number of aliphatic hydroxyl groups is 2. The number of nitrogens with one attached hydrogen (secondary N) is 1. The number of likely N-dealkylation sites (tertiary alicyclic amines) is 1. The van der Waals surface area contributed by atoms with Crippen molar-refractivity contribution >= 4 is 5.91 Å². The summed E-state index contributed by atoms with van der Waals surface area (Å²) >= 11 is 0. The molecule has 1 saturated carbocycles. The minimum Gasteiger partial charge on any atom is -0.388 e. The van der Waals surface area contributed by atoms with Crippen molar-refractivity contribution in [1.82, 2.24) is 10.2 Å². The Kier molecular flexibility index (Phi) is 7.27. The van der Waals surface area contributed by atoms with Crippen LogP contribution in [0.4, 0.5) is 0 Å². The molecule has 2 aliphatic rings. The second-order valence-corrected chi connectivity index (χ2v) is 8.33. The van der Waals surface area contributed by atoms with Gasteiger partial charge in [-0.05, 0) is 43.7 Å². The van der Waals surface area contributed by atoms with E-state index in [2.05, 4.69) is 5.32 Å². The van der Waals surface area contributed by atoms with Crippen molar-refractivity contribution in [2.45, 2.75) is 63.1 Å². The lowest BCUT2D eigenvalue weighted by molar-refractivity contribution is -0.148. The third-order valence-corrected chi connectivity index (χ3v) is 6.24. The van der Waals surface area contributed by atoms with Gasteiger partial charge in [0.1, 0.15) is 11.7 Å². The van der Waals surface area contributed by atoms with E-state index in [0.717, 1.165) is 12.1 Å². The summed E-state index contributed by atoms with van der Waals surface area (Å²) in [4.78, 5) is 14.2. The largest absolute Gasteiger partial charge is 0.388 e. The molecule has 0 aromatic heterocycles. The van der Waals surface area contributed by atoms with E-state index in [1.165, 1.54) is 32.1 Å². The zero-order chi connectivity index (χ0) is 19.1. The number of carbonyl (C=O) groups excluding carboxylic acids is 1. The number of carbonyl (C=O) groups is 1. The highest BCUT2D eigenvalue weighted by atomic mass is 16.3. The summed E-state index contributed by atoms with van der Waals surface area (Å²) in [6.07, 6.45) is 7.14. The first-order chi connectivity index (χ1) is 13.1. The second kappa shape index (κ2) is 9.67. The number of benzene rings is 1. The van der Waals surface area contributed by atoms with E-state index in [-0.39, 0.29) is 12.5 Å². The predicted octanol–water partition coefficient (Wildman–Crippen LogP) is 2.11. The van der Waals surface area contributed by atoms with Crippen molar-refractivity contribution in [1.29, 1.82) is 0 Å². The fourth-order valence-electron chi connectivity index (χ4n) is 4.34. The number of aryl methyl sites for hydroxylation is 1. The van der Waals surface area contributed by atoms with Crippen LogP contribution in [-0.2, 0) is 11.2 Å². The zero-order valence-electron chi connectivity index (χ0n) is 16.3. The number of hydrogen-bond donors (Lipinski definition) is 3. The van der Waals surface area contributed by atoms with E-state index < -0.39 is 11.7 Å². The fraction of sp³-hybridized carbons (Fsp3) is 0.682. The third kappa shape index (κ3) is 5.77. The maximum absolute atomic E-state index is 12.5. The highest BCUT2D eigenvalue weighted by molar-refractivity contribution is 5.76. The van der Waals surface area contributed by atoms with Crippen molar-refractivity contribution in [3.8, 4) is 0 Å². The van der Waals surface area contributed by atoms with Crippen molar-refractivity contribution in [3.05, 3.63) is 35.9 Å². The van der Waals surface area contributed by atoms with E-state index in [4.69, 9.17) is 0 Å². The van der Waals surface area contributed by atoms with Crippen LogP contribution < -0.4 is 5.32 Å². The van der Waals surface area contributed by atoms with Crippen molar-refractivity contribution in [3.63, 3.8) is 0 Å². The van der Waals surface area contributed by atoms with Gasteiger partial charge in [0.15, 0.2) is 0 Å². The number of nitrogens with zero attached hydrogens (tertiary/aromatic N) is 1. The van der Waals surface area contributed by atoms with Gasteiger partial charge in [-0.15, -0.1) is 0 Å². The van der Waals surface area contributed by atoms with Crippen molar-refractivity contribution < 1.29 is 15.0 Å². The molecule has 5 nitrogen and oxygen atoms in total. The van der Waals surface area contributed by atoms with Crippen molar-refractivity contribution in [2.75, 3.05) is 26.2 Å². The highest BCUT2D eigenvalue weighted by Crippen LogP contribution is 2.25. The molecule has 1 heterocycles. The van der Waals surface area contributed by atoms with Crippen LogP contribution in [0, 0.1) is 5.92 Å². The molecule has 5 heteroatoms. The number of piperidine rings is 1. The first-order valence-electron chi connectivity index (χ1n) is 10.5. The molecule has 3 rings (SSSR count). The molecule has 3 N–H and O–H groups in total. The molecule has 1 aliphatic carbocycles. The average molecular weight is 375 g/mol. The molecule has 0 unspecified atom stereocenters. The summed E-state index contributed by atoms with van der Waals surface area (Å²) < 4.78 is 0. The molecule has 1 aromatic carbocycles. The second-order valence-electron chi connectivity index (χ2n) is 8.33. The molecule has 27 heavy (non-hydrogen) atoms. The Balaban J connectivity index is 1.41. The molecule has 2 atom stereocenters. The standard InChI is InChI=1S/C22H34N2O3/c25-20-16-24(21(26)12-11-18-7-3-1-4-8-18)14-13-22(20,27)17-23-15-19-9-5-2-6-10-19/h1,3-4,7-8,19-20,23,25,27H,2,5-6,9-17H2/t20-,22-/m0/s1. The monoisotopic (exact) mass is 374 g/mol. The molecule has 1 saturated heterocycles. The molecular formula is C22H34N2O3. The Hall–Kier alpha value is -1.43. The van der Waals surface area contributed by atoms with Gasteiger partial charge in [0, 0.05) is 26.1 Å². The predicted molar refractivity (Wildman–Crippen MR) is 106 cm³/mol. The summed E-state index contributed by atoms with van der Waals surface area (Å²) in [6.45, 7) is 2.03. The van der Waals surface area contributed by atoms with E-state index in [9.17, 15) is 15.0 Å². The number of amides is 1. The zero-order valence-corrected chi connectivity index (χ0v) is 16.3. The van der Waals surface area contributed by atoms with E-state index in [1.54, 1.807) is 4.90 Å². The number of aliphatic hydroxyl groups excluding tert-OH is 1. The normalized spacial score (nSPS) is 26.9. The Morgan fingerprint density at radius 3 is 2.63 bits per heavy atom. The van der Waals surface area contributed by atoms with Crippen LogP contribution in [0.1, 0.15) is 50.5 Å². The van der Waals surface area contributed by atoms with E-state index in [1.807, 2.05) is 30.3 Å². The lowest BCUT2D eigenvalue weighted by atomic mass is 9.87. The van der Waals surface area contributed by atoms with Gasteiger partial charge >= 0.3 is 0 Å². The molecular weight excluding hydrogens is 340 g/mol. The minimum absolute atomic E-state index is 0.0510. The van der Waals surface area contributed by atoms with Crippen LogP contribution >= 0.6 is 0 Å². The Bertz CT molecular complexity index is 588. The molecule has 1 aliphatic heterocycles. The maximum Gasteiger partial charge on any atom is 0.222 e. The summed E-state index contributed by atoms with van der Waals surface area (Å²) in [5.41, 5.74) is 0.0112. The summed E-state index contributed by atoms with van der Waals surface area (Å²) in [5, 5.41) is 24.7. The average Bonchev–Trinajstić information content (AvgIpc) is 2.70. The van der Waals surface area contributed by atoms with Gasteiger partial charge in [-0.2, -0.15) is 0 Å². The quantitative estimate of drug-likeness (QED) is 0.684. The molecule has 1 amide bonds. The van der Waals surface area contributed by atoms with Gasteiger partial charge in [-0.1, -0.05) is 49.6 Å². The summed E-state index contributed by atoms with van der Waals surface area (Å²) in [6, 6.07) is 9.97. The first-order valence-corrected chi connectivity index (χ1v) is 10.5. The molecule has 150 valence electrons. The third-order valence-electron chi connectivity index (χ3n) is 6.24. The molecule has 2 fully saturated rings. The van der Waals surface area contributed by atoms with Crippen LogP contribution in [0.5, 0.6) is 0 Å². The van der Waals surface area contributed by atoms with Gasteiger partial charge in [0.25, 0.3) is 0 Å². The fourth-order valence-corrected chi connectivity index (χ4v) is 4.34. The Morgan fingerprint density at radius 1 is 1.19 bits per heavy atom. The topological polar surface area (TPSA) is 72.8 Å². The first kappa shape index (κ1) is 20.3. The van der Waals surface area contributed by atoms with Gasteiger partial charge in [-0.25, -0.2) is 0 Å². The Labute approximate surface area is 162 Å². The van der Waals surface area contributed by atoms with Crippen LogP contribution in [0.2, 0.25) is 0 Å². The summed E-state index contributed by atoms with van der Waals surface area (Å²) in [5.74, 6) is 0.745. The number of β-amino-alcohol motifs (C(OH)–C–C–N with tert-alkyl or cyclic N) is 1. The number of rotatable bonds is 7. The summed E-state index contributed by atoms with van der Waals surface area (Å²) in [7, 11) is 0. The van der Waals surface area contributed by atoms with Gasteiger partial charge < -0.3 is 20.4 Å². The van der Waals surface area contributed by atoms with Crippen LogP contribution in [0.25, 0.3) is 0 Å². The number of hydrogen-bond acceptors (Lipinski definition) is 4. The Morgan fingerprint density at radius 2 is 1.93 bits per heavy atom. The smallest absolute Gasteiger partial charge is 0.222 e. The van der Waals surface area contributed by atoms with Gasteiger partial charge in [0.05, 0.1) is 0 Å². The molecule has 0 spiro atoms. The molecule has 0 bridgehead atoms. The van der Waals surface area contributed by atoms with Crippen LogP contribution in [-0.4, -0.2) is 58.9 Å². The lowest BCUT2D eigenvalue weighted by Crippen LogP contribution is -2.60. The van der Waals surface area contributed by atoms with Gasteiger partial charge in [0.2, 0.25) is 5.91 Å². The SMILES string of the molecule is O=C(CCc1ccccc1)N1CC[C@](O)(CNCC2CCCCC2)[C@@H](O)C1. The highest BCUT2D eigenvalue weighted by Gasteiger charge is 2.41.